The molecule has 0 atom stereocenters. The summed E-state index contributed by atoms with van der Waals surface area (Å²) < 4.78 is 0. The molecule has 0 saturated carbocycles. The van der Waals surface area contributed by atoms with Gasteiger partial charge in [0.25, 0.3) is 0 Å². The third-order valence-corrected chi connectivity index (χ3v) is 2.93. The molecular formula is C14H16N2O2. The van der Waals surface area contributed by atoms with Gasteiger partial charge in [-0.1, -0.05) is 37.6 Å². The maximum atomic E-state index is 11.1. The lowest BCUT2D eigenvalue weighted by Crippen LogP contribution is -1.99. The molecule has 0 aliphatic heterocycles. The van der Waals surface area contributed by atoms with Crippen LogP contribution in [-0.2, 0) is 6.42 Å². The molecule has 2 N–H and O–H groups in total. The smallest absolute Gasteiger partial charge is 0.357 e. The van der Waals surface area contributed by atoms with Crippen LogP contribution in [0.15, 0.2) is 24.3 Å². The van der Waals surface area contributed by atoms with Crippen LogP contribution in [0.1, 0.15) is 35.1 Å². The van der Waals surface area contributed by atoms with Crippen molar-refractivity contribution in [2.45, 2.75) is 26.7 Å². The van der Waals surface area contributed by atoms with Gasteiger partial charge in [0.05, 0.1) is 0 Å². The van der Waals surface area contributed by atoms with Crippen molar-refractivity contribution in [3.63, 3.8) is 0 Å². The van der Waals surface area contributed by atoms with Gasteiger partial charge in [0, 0.05) is 11.3 Å². The highest BCUT2D eigenvalue weighted by atomic mass is 16.4. The van der Waals surface area contributed by atoms with Crippen LogP contribution in [0.3, 0.4) is 0 Å². The number of aromatic amines is 1. The number of H-pyrrole nitrogens is 1. The Morgan fingerprint density at radius 2 is 2.00 bits per heavy atom. The Morgan fingerprint density at radius 1 is 1.33 bits per heavy atom. The zero-order chi connectivity index (χ0) is 13.1. The molecule has 0 fully saturated rings. The number of nitrogens with one attached hydrogen (secondary N) is 1. The van der Waals surface area contributed by atoms with Gasteiger partial charge in [-0.3, -0.25) is 5.10 Å². The maximum Gasteiger partial charge on any atom is 0.357 e. The van der Waals surface area contributed by atoms with Gasteiger partial charge in [0.2, 0.25) is 0 Å². The first kappa shape index (κ1) is 12.4. The van der Waals surface area contributed by atoms with Crippen LogP contribution in [0.4, 0.5) is 0 Å². The Morgan fingerprint density at radius 3 is 2.56 bits per heavy atom. The molecule has 1 aromatic carbocycles. The molecule has 94 valence electrons. The average Bonchev–Trinajstić information content (AvgIpc) is 2.73. The summed E-state index contributed by atoms with van der Waals surface area (Å²) in [5.41, 5.74) is 3.68. The van der Waals surface area contributed by atoms with Gasteiger partial charge < -0.3 is 5.11 Å². The highest BCUT2D eigenvalue weighted by molar-refractivity contribution is 5.94. The van der Waals surface area contributed by atoms with Crippen LogP contribution >= 0.6 is 0 Å². The fourth-order valence-electron chi connectivity index (χ4n) is 2.06. The van der Waals surface area contributed by atoms with Gasteiger partial charge in [-0.15, -0.1) is 0 Å². The highest BCUT2D eigenvalue weighted by Gasteiger charge is 2.17. The summed E-state index contributed by atoms with van der Waals surface area (Å²) in [6.07, 6.45) is 2.14. The molecule has 0 bridgehead atoms. The molecule has 0 unspecified atom stereocenters. The van der Waals surface area contributed by atoms with Gasteiger partial charge in [-0.05, 0) is 24.5 Å². The molecule has 1 heterocycles. The van der Waals surface area contributed by atoms with E-state index < -0.39 is 5.97 Å². The minimum Gasteiger partial charge on any atom is -0.476 e. The van der Waals surface area contributed by atoms with Crippen molar-refractivity contribution in [1.29, 1.82) is 0 Å². The quantitative estimate of drug-likeness (QED) is 0.868. The van der Waals surface area contributed by atoms with E-state index in [9.17, 15) is 4.79 Å². The molecular weight excluding hydrogens is 228 g/mol. The van der Waals surface area contributed by atoms with E-state index in [4.69, 9.17) is 5.11 Å². The second-order valence-corrected chi connectivity index (χ2v) is 4.32. The Balaban J connectivity index is 2.42. The van der Waals surface area contributed by atoms with Gasteiger partial charge >= 0.3 is 5.97 Å². The number of benzene rings is 1. The van der Waals surface area contributed by atoms with Gasteiger partial charge in [-0.25, -0.2) is 4.79 Å². The highest BCUT2D eigenvalue weighted by Crippen LogP contribution is 2.26. The first-order valence-corrected chi connectivity index (χ1v) is 6.01. The van der Waals surface area contributed by atoms with E-state index in [1.54, 1.807) is 0 Å². The molecule has 4 nitrogen and oxygen atoms in total. The van der Waals surface area contributed by atoms with Crippen LogP contribution in [-0.4, -0.2) is 21.3 Å². The first-order valence-electron chi connectivity index (χ1n) is 6.01. The Kier molecular flexibility index (Phi) is 3.46. The zero-order valence-corrected chi connectivity index (χ0v) is 10.5. The lowest BCUT2D eigenvalue weighted by Gasteiger charge is -2.04. The topological polar surface area (TPSA) is 66.0 Å². The SMILES string of the molecule is CCCc1ccc(-c2c(C(=O)O)n[nH]c2C)cc1. The number of carboxylic acid groups (broad SMARTS) is 1. The normalized spacial score (nSPS) is 10.6. The monoisotopic (exact) mass is 244 g/mol. The number of hydrogen-bond donors (Lipinski definition) is 2. The van der Waals surface area contributed by atoms with Crippen molar-refractivity contribution in [1.82, 2.24) is 10.2 Å². The molecule has 1 aromatic heterocycles. The summed E-state index contributed by atoms with van der Waals surface area (Å²) in [6, 6.07) is 7.98. The number of carboxylic acids is 1. The molecule has 0 aliphatic rings. The van der Waals surface area contributed by atoms with Crippen LogP contribution in [0.5, 0.6) is 0 Å². The van der Waals surface area contributed by atoms with E-state index in [-0.39, 0.29) is 5.69 Å². The van der Waals surface area contributed by atoms with Crippen molar-refractivity contribution < 1.29 is 9.90 Å². The summed E-state index contributed by atoms with van der Waals surface area (Å²) in [6.45, 7) is 3.96. The first-order chi connectivity index (χ1) is 8.63. The molecule has 0 spiro atoms. The van der Waals surface area contributed by atoms with Gasteiger partial charge in [-0.2, -0.15) is 5.10 Å². The second kappa shape index (κ2) is 5.04. The number of carbonyl (C=O) groups is 1. The molecule has 2 aromatic rings. The van der Waals surface area contributed by atoms with E-state index in [0.717, 1.165) is 24.1 Å². The Labute approximate surface area is 106 Å². The predicted octanol–water partition coefficient (Wildman–Crippen LogP) is 3.04. The number of hydrogen-bond acceptors (Lipinski definition) is 2. The number of rotatable bonds is 4. The minimum atomic E-state index is -1.01. The minimum absolute atomic E-state index is 0.0794. The molecule has 0 saturated heterocycles. The molecule has 18 heavy (non-hydrogen) atoms. The van der Waals surface area contributed by atoms with Crippen molar-refractivity contribution in [3.8, 4) is 11.1 Å². The average molecular weight is 244 g/mol. The van der Waals surface area contributed by atoms with E-state index in [2.05, 4.69) is 17.1 Å². The molecule has 4 heteroatoms. The van der Waals surface area contributed by atoms with Gasteiger partial charge in [0.1, 0.15) is 0 Å². The van der Waals surface area contributed by atoms with Crippen molar-refractivity contribution >= 4 is 5.97 Å². The van der Waals surface area contributed by atoms with E-state index in [0.29, 0.717) is 5.56 Å². The largest absolute Gasteiger partial charge is 0.476 e. The number of aromatic carboxylic acids is 1. The number of nitrogens with zero attached hydrogens (tertiary/aromatic N) is 1. The summed E-state index contributed by atoms with van der Waals surface area (Å²) in [5.74, 6) is -1.01. The summed E-state index contributed by atoms with van der Waals surface area (Å²) in [7, 11) is 0. The standard InChI is InChI=1S/C14H16N2O2/c1-3-4-10-5-7-11(8-6-10)12-9(2)15-16-13(12)14(17)18/h5-8H,3-4H2,1-2H3,(H,15,16)(H,17,18). The lowest BCUT2D eigenvalue weighted by molar-refractivity contribution is 0.0691. The van der Waals surface area contributed by atoms with E-state index in [1.165, 1.54) is 5.56 Å². The summed E-state index contributed by atoms with van der Waals surface area (Å²) in [5, 5.41) is 15.6. The van der Waals surface area contributed by atoms with Crippen molar-refractivity contribution in [3.05, 3.63) is 41.2 Å². The third-order valence-electron chi connectivity index (χ3n) is 2.93. The number of aryl methyl sites for hydroxylation is 2. The maximum absolute atomic E-state index is 11.1. The molecule has 0 radical (unpaired) electrons. The fraction of sp³-hybridized carbons (Fsp3) is 0.286. The molecule has 0 aliphatic carbocycles. The van der Waals surface area contributed by atoms with Crippen LogP contribution in [0.25, 0.3) is 11.1 Å². The van der Waals surface area contributed by atoms with Gasteiger partial charge in [0.15, 0.2) is 5.69 Å². The van der Waals surface area contributed by atoms with Crippen molar-refractivity contribution in [2.24, 2.45) is 0 Å². The second-order valence-electron chi connectivity index (χ2n) is 4.32. The summed E-state index contributed by atoms with van der Waals surface area (Å²) >= 11 is 0. The third kappa shape index (κ3) is 2.27. The van der Waals surface area contributed by atoms with Crippen LogP contribution in [0.2, 0.25) is 0 Å². The van der Waals surface area contributed by atoms with Crippen LogP contribution < -0.4 is 0 Å². The fourth-order valence-corrected chi connectivity index (χ4v) is 2.06. The van der Waals surface area contributed by atoms with Crippen molar-refractivity contribution in [2.75, 3.05) is 0 Å². The predicted molar refractivity (Wildman–Crippen MR) is 69.7 cm³/mol. The zero-order valence-electron chi connectivity index (χ0n) is 10.5. The van der Waals surface area contributed by atoms with Crippen LogP contribution in [0, 0.1) is 6.92 Å². The molecule has 2 rings (SSSR count). The molecule has 0 amide bonds. The Bertz CT molecular complexity index is 556. The Hall–Kier alpha value is -2.10. The number of aromatic nitrogens is 2. The summed E-state index contributed by atoms with van der Waals surface area (Å²) in [4.78, 5) is 11.1. The van der Waals surface area contributed by atoms with E-state index in [1.807, 2.05) is 31.2 Å². The lowest BCUT2D eigenvalue weighted by atomic mass is 10.0. The van der Waals surface area contributed by atoms with E-state index >= 15 is 0 Å².